The van der Waals surface area contributed by atoms with Crippen LogP contribution in [0.25, 0.3) is 0 Å². The summed E-state index contributed by atoms with van der Waals surface area (Å²) < 4.78 is 41.4. The van der Waals surface area contributed by atoms with E-state index in [2.05, 4.69) is 4.98 Å². The summed E-state index contributed by atoms with van der Waals surface area (Å²) >= 11 is 0.565. The van der Waals surface area contributed by atoms with E-state index in [1.54, 1.807) is 0 Å². The SMILES string of the molecule is COCc1nc(C(F)(F)F)sc1CN. The highest BCUT2D eigenvalue weighted by Crippen LogP contribution is 2.34. The third-order valence-corrected chi connectivity index (χ3v) is 2.65. The van der Waals surface area contributed by atoms with Gasteiger partial charge in [0, 0.05) is 18.5 Å². The summed E-state index contributed by atoms with van der Waals surface area (Å²) in [5, 5.41) is -0.870. The first-order valence-corrected chi connectivity index (χ1v) is 4.55. The van der Waals surface area contributed by atoms with Crippen molar-refractivity contribution in [3.8, 4) is 0 Å². The Morgan fingerprint density at radius 1 is 1.50 bits per heavy atom. The zero-order valence-electron chi connectivity index (χ0n) is 7.39. The molecule has 1 heterocycles. The summed E-state index contributed by atoms with van der Waals surface area (Å²) in [7, 11) is 1.40. The number of nitrogens with two attached hydrogens (primary N) is 1. The predicted octanol–water partition coefficient (Wildman–Crippen LogP) is 1.77. The van der Waals surface area contributed by atoms with Crippen LogP contribution < -0.4 is 5.73 Å². The molecule has 0 aliphatic carbocycles. The molecule has 0 aliphatic heterocycles. The molecule has 0 atom stereocenters. The standard InChI is InChI=1S/C7H9F3N2OS/c1-13-3-4-5(2-11)14-6(12-4)7(8,9)10/h2-3,11H2,1H3. The zero-order valence-corrected chi connectivity index (χ0v) is 8.21. The van der Waals surface area contributed by atoms with Gasteiger partial charge in [0.1, 0.15) is 0 Å². The van der Waals surface area contributed by atoms with E-state index in [0.29, 0.717) is 16.2 Å². The van der Waals surface area contributed by atoms with E-state index in [9.17, 15) is 13.2 Å². The van der Waals surface area contributed by atoms with Crippen LogP contribution in [0.4, 0.5) is 13.2 Å². The predicted molar refractivity (Wildman–Crippen MR) is 45.7 cm³/mol. The van der Waals surface area contributed by atoms with Crippen molar-refractivity contribution < 1.29 is 17.9 Å². The molecule has 2 N–H and O–H groups in total. The van der Waals surface area contributed by atoms with Gasteiger partial charge in [-0.3, -0.25) is 0 Å². The van der Waals surface area contributed by atoms with Gasteiger partial charge in [-0.2, -0.15) is 13.2 Å². The number of nitrogens with zero attached hydrogens (tertiary/aromatic N) is 1. The smallest absolute Gasteiger partial charge is 0.378 e. The summed E-state index contributed by atoms with van der Waals surface area (Å²) in [6.07, 6.45) is -4.40. The molecule has 0 spiro atoms. The minimum absolute atomic E-state index is 0.0481. The maximum Gasteiger partial charge on any atom is 0.443 e. The van der Waals surface area contributed by atoms with Crippen molar-refractivity contribution in [2.45, 2.75) is 19.3 Å². The molecular formula is C7H9F3N2OS. The number of hydrogen-bond acceptors (Lipinski definition) is 4. The summed E-state index contributed by atoms with van der Waals surface area (Å²) in [4.78, 5) is 3.85. The molecule has 0 fully saturated rings. The first-order valence-electron chi connectivity index (χ1n) is 3.73. The van der Waals surface area contributed by atoms with Gasteiger partial charge in [-0.1, -0.05) is 0 Å². The van der Waals surface area contributed by atoms with E-state index in [1.165, 1.54) is 7.11 Å². The Morgan fingerprint density at radius 3 is 2.57 bits per heavy atom. The molecule has 3 nitrogen and oxygen atoms in total. The van der Waals surface area contributed by atoms with Gasteiger partial charge in [-0.25, -0.2) is 4.98 Å². The molecule has 0 unspecified atom stereocenters. The highest BCUT2D eigenvalue weighted by molar-refractivity contribution is 7.11. The number of hydrogen-bond donors (Lipinski definition) is 1. The molecule has 1 rings (SSSR count). The summed E-state index contributed by atoms with van der Waals surface area (Å²) in [6, 6.07) is 0. The van der Waals surface area contributed by atoms with E-state index < -0.39 is 11.2 Å². The van der Waals surface area contributed by atoms with Gasteiger partial charge < -0.3 is 10.5 Å². The monoisotopic (exact) mass is 226 g/mol. The van der Waals surface area contributed by atoms with Crippen LogP contribution in [0.1, 0.15) is 15.6 Å². The van der Waals surface area contributed by atoms with Crippen molar-refractivity contribution in [2.24, 2.45) is 5.73 Å². The van der Waals surface area contributed by atoms with Gasteiger partial charge >= 0.3 is 6.18 Å². The summed E-state index contributed by atoms with van der Waals surface area (Å²) in [6.45, 7) is 0.103. The van der Waals surface area contributed by atoms with Crippen LogP contribution in [-0.2, 0) is 24.1 Å². The van der Waals surface area contributed by atoms with Gasteiger partial charge in [-0.15, -0.1) is 11.3 Å². The minimum atomic E-state index is -4.40. The quantitative estimate of drug-likeness (QED) is 0.854. The van der Waals surface area contributed by atoms with Crippen molar-refractivity contribution >= 4 is 11.3 Å². The number of methoxy groups -OCH3 is 1. The van der Waals surface area contributed by atoms with Crippen LogP contribution in [0.3, 0.4) is 0 Å². The molecule has 0 bridgehead atoms. The molecule has 80 valence electrons. The third kappa shape index (κ3) is 2.43. The minimum Gasteiger partial charge on any atom is -0.378 e. The average molecular weight is 226 g/mol. The van der Waals surface area contributed by atoms with Crippen molar-refractivity contribution in [1.29, 1.82) is 0 Å². The Morgan fingerprint density at radius 2 is 2.14 bits per heavy atom. The van der Waals surface area contributed by atoms with Crippen molar-refractivity contribution in [2.75, 3.05) is 7.11 Å². The molecule has 0 aliphatic rings. The number of halogens is 3. The lowest BCUT2D eigenvalue weighted by Gasteiger charge is -1.99. The van der Waals surface area contributed by atoms with Crippen LogP contribution in [0.2, 0.25) is 0 Å². The zero-order chi connectivity index (χ0) is 10.8. The molecule has 0 amide bonds. The van der Waals surface area contributed by atoms with Crippen LogP contribution >= 0.6 is 11.3 Å². The van der Waals surface area contributed by atoms with Crippen LogP contribution in [0, 0.1) is 0 Å². The Kier molecular flexibility index (Phi) is 3.46. The largest absolute Gasteiger partial charge is 0.443 e. The van der Waals surface area contributed by atoms with Gasteiger partial charge in [0.05, 0.1) is 12.3 Å². The van der Waals surface area contributed by atoms with Gasteiger partial charge in [-0.05, 0) is 0 Å². The van der Waals surface area contributed by atoms with Gasteiger partial charge in [0.25, 0.3) is 0 Å². The van der Waals surface area contributed by atoms with Gasteiger partial charge in [0.2, 0.25) is 0 Å². The molecule has 0 aromatic carbocycles. The Balaban J connectivity index is 3.00. The molecular weight excluding hydrogens is 217 g/mol. The third-order valence-electron chi connectivity index (χ3n) is 1.49. The second kappa shape index (κ2) is 4.24. The Hall–Kier alpha value is -0.660. The average Bonchev–Trinajstić information content (AvgIpc) is 2.47. The molecule has 0 radical (unpaired) electrons. The van der Waals surface area contributed by atoms with Crippen molar-refractivity contribution in [1.82, 2.24) is 4.98 Å². The first-order chi connectivity index (χ1) is 6.49. The fourth-order valence-electron chi connectivity index (χ4n) is 0.914. The van der Waals surface area contributed by atoms with E-state index >= 15 is 0 Å². The Labute approximate surface area is 82.7 Å². The highest BCUT2D eigenvalue weighted by atomic mass is 32.1. The highest BCUT2D eigenvalue weighted by Gasteiger charge is 2.35. The second-order valence-corrected chi connectivity index (χ2v) is 3.61. The number of thiazole rings is 1. The first kappa shape index (κ1) is 11.4. The van der Waals surface area contributed by atoms with Gasteiger partial charge in [0.15, 0.2) is 5.01 Å². The lowest BCUT2D eigenvalue weighted by atomic mass is 10.4. The summed E-state index contributed by atoms with van der Waals surface area (Å²) in [5.74, 6) is 0. The van der Waals surface area contributed by atoms with E-state index in [1.807, 2.05) is 0 Å². The second-order valence-electron chi connectivity index (χ2n) is 2.52. The normalized spacial score (nSPS) is 12.1. The van der Waals surface area contributed by atoms with E-state index in [-0.39, 0.29) is 18.8 Å². The molecule has 7 heteroatoms. The molecule has 0 saturated carbocycles. The fourth-order valence-corrected chi connectivity index (χ4v) is 1.72. The van der Waals surface area contributed by atoms with E-state index in [4.69, 9.17) is 10.5 Å². The van der Waals surface area contributed by atoms with Crippen molar-refractivity contribution in [3.63, 3.8) is 0 Å². The maximum atomic E-state index is 12.2. The maximum absolute atomic E-state index is 12.2. The van der Waals surface area contributed by atoms with Crippen molar-refractivity contribution in [3.05, 3.63) is 15.6 Å². The molecule has 14 heavy (non-hydrogen) atoms. The van der Waals surface area contributed by atoms with Crippen LogP contribution in [0.15, 0.2) is 0 Å². The fraction of sp³-hybridized carbons (Fsp3) is 0.571. The number of rotatable bonds is 3. The topological polar surface area (TPSA) is 48.1 Å². The lowest BCUT2D eigenvalue weighted by molar-refractivity contribution is -0.137. The van der Waals surface area contributed by atoms with Crippen LogP contribution in [-0.4, -0.2) is 12.1 Å². The number of alkyl halides is 3. The van der Waals surface area contributed by atoms with Crippen LogP contribution in [0.5, 0.6) is 0 Å². The molecule has 1 aromatic rings. The number of ether oxygens (including phenoxy) is 1. The summed E-state index contributed by atoms with van der Waals surface area (Å²) in [5.41, 5.74) is 5.56. The molecule has 1 aromatic heterocycles. The Bertz CT molecular complexity index is 310. The lowest BCUT2D eigenvalue weighted by Crippen LogP contribution is -2.04. The van der Waals surface area contributed by atoms with E-state index in [0.717, 1.165) is 0 Å². The molecule has 0 saturated heterocycles. The number of aromatic nitrogens is 1.